The molecule has 2 heterocycles. The third-order valence-corrected chi connectivity index (χ3v) is 6.44. The average Bonchev–Trinajstić information content (AvgIpc) is 3.54. The molecule has 200 valence electrons. The smallest absolute Gasteiger partial charge is 0.287 e. The van der Waals surface area contributed by atoms with Gasteiger partial charge in [0.25, 0.3) is 5.91 Å². The van der Waals surface area contributed by atoms with E-state index < -0.39 is 11.7 Å². The number of hydrogen-bond donors (Lipinski definition) is 3. The molecule has 40 heavy (non-hydrogen) atoms. The minimum absolute atomic E-state index is 0.0263. The summed E-state index contributed by atoms with van der Waals surface area (Å²) in [5.41, 5.74) is 3.10. The van der Waals surface area contributed by atoms with Crippen LogP contribution in [0, 0.1) is 24.1 Å². The molecule has 0 aliphatic rings. The quantitative estimate of drug-likeness (QED) is 0.170. The molecule has 0 fully saturated rings. The maximum atomic E-state index is 13.4. The Labute approximate surface area is 233 Å². The van der Waals surface area contributed by atoms with Crippen LogP contribution in [0.25, 0.3) is 16.7 Å². The summed E-state index contributed by atoms with van der Waals surface area (Å²) in [5, 5.41) is 21.0. The second kappa shape index (κ2) is 11.4. The number of anilines is 1. The molecule has 0 spiro atoms. The van der Waals surface area contributed by atoms with E-state index in [4.69, 9.17) is 11.6 Å². The predicted octanol–water partition coefficient (Wildman–Crippen LogP) is 5.18. The van der Waals surface area contributed by atoms with Gasteiger partial charge in [-0.2, -0.15) is 10.4 Å². The van der Waals surface area contributed by atoms with Gasteiger partial charge in [0, 0.05) is 29.7 Å². The summed E-state index contributed by atoms with van der Waals surface area (Å²) in [7, 11) is 0. The minimum atomic E-state index is -0.435. The van der Waals surface area contributed by atoms with Crippen LogP contribution in [-0.2, 0) is 0 Å². The molecule has 0 unspecified atom stereocenters. The number of nitriles is 1. The van der Waals surface area contributed by atoms with Gasteiger partial charge >= 0.3 is 0 Å². The van der Waals surface area contributed by atoms with Crippen molar-refractivity contribution in [2.45, 2.75) is 13.3 Å². The summed E-state index contributed by atoms with van der Waals surface area (Å²) in [6, 6.07) is 20.1. The Hall–Kier alpha value is -5.01. The van der Waals surface area contributed by atoms with Crippen LogP contribution in [0.2, 0.25) is 5.02 Å². The van der Waals surface area contributed by atoms with Crippen LogP contribution in [0.15, 0.2) is 66.7 Å². The first-order valence-corrected chi connectivity index (χ1v) is 12.8. The highest BCUT2D eigenvalue weighted by atomic mass is 35.5. The standard InChI is InChI=1S/C29H23ClFN7O2/c1-17-3-5-18(6-4-17)26(39)25-22(16-32)28(38(37-25)21-10-7-19(30)8-11-21)33-13-2-14-34-29(40)27-35-23-12-9-20(31)15-24(23)36-27/h3-12,15,33H,2,13-14H2,1H3,(H,34,40)(H,35,36). The van der Waals surface area contributed by atoms with Crippen LogP contribution in [0.3, 0.4) is 0 Å². The summed E-state index contributed by atoms with van der Waals surface area (Å²) in [6.45, 7) is 2.58. The molecular weight excluding hydrogens is 533 g/mol. The lowest BCUT2D eigenvalue weighted by molar-refractivity contribution is 0.0943. The number of aryl methyl sites for hydroxylation is 1. The number of imidazole rings is 1. The van der Waals surface area contributed by atoms with Crippen molar-refractivity contribution >= 4 is 40.1 Å². The number of aromatic nitrogens is 4. The molecule has 5 aromatic rings. The van der Waals surface area contributed by atoms with Crippen molar-refractivity contribution in [3.8, 4) is 11.8 Å². The lowest BCUT2D eigenvalue weighted by Crippen LogP contribution is -2.27. The third kappa shape index (κ3) is 5.55. The molecule has 5 rings (SSSR count). The summed E-state index contributed by atoms with van der Waals surface area (Å²) in [4.78, 5) is 32.8. The predicted molar refractivity (Wildman–Crippen MR) is 149 cm³/mol. The van der Waals surface area contributed by atoms with Crippen molar-refractivity contribution in [2.75, 3.05) is 18.4 Å². The SMILES string of the molecule is Cc1ccc(C(=O)c2nn(-c3ccc(Cl)cc3)c(NCCCNC(=O)c3nc4cc(F)ccc4[nH]3)c2C#N)cc1. The lowest BCUT2D eigenvalue weighted by Gasteiger charge is -2.11. The van der Waals surface area contributed by atoms with E-state index >= 15 is 0 Å². The molecular formula is C29H23ClFN7O2. The number of carbonyl (C=O) groups is 2. The Balaban J connectivity index is 1.32. The zero-order valence-electron chi connectivity index (χ0n) is 21.3. The second-order valence-electron chi connectivity index (χ2n) is 9.05. The lowest BCUT2D eigenvalue weighted by atomic mass is 10.0. The Bertz CT molecular complexity index is 1750. The maximum absolute atomic E-state index is 13.4. The Morgan fingerprint density at radius 3 is 2.55 bits per heavy atom. The number of fused-ring (bicyclic) bond motifs is 1. The highest BCUT2D eigenvalue weighted by Crippen LogP contribution is 2.26. The first kappa shape index (κ1) is 26.6. The molecule has 1 amide bonds. The summed E-state index contributed by atoms with van der Waals surface area (Å²) >= 11 is 6.05. The molecule has 0 atom stereocenters. The number of halogens is 2. The molecule has 0 aliphatic carbocycles. The maximum Gasteiger partial charge on any atom is 0.287 e. The van der Waals surface area contributed by atoms with Crippen LogP contribution in [0.1, 0.15) is 44.2 Å². The van der Waals surface area contributed by atoms with E-state index in [2.05, 4.69) is 31.8 Å². The Morgan fingerprint density at radius 1 is 1.07 bits per heavy atom. The topological polar surface area (TPSA) is 128 Å². The van der Waals surface area contributed by atoms with Gasteiger partial charge in [0.05, 0.1) is 16.7 Å². The van der Waals surface area contributed by atoms with Gasteiger partial charge < -0.3 is 15.6 Å². The monoisotopic (exact) mass is 555 g/mol. The molecule has 0 aliphatic heterocycles. The highest BCUT2D eigenvalue weighted by molar-refractivity contribution is 6.30. The molecule has 0 saturated heterocycles. The Morgan fingerprint density at radius 2 is 1.82 bits per heavy atom. The normalized spacial score (nSPS) is 10.8. The average molecular weight is 556 g/mol. The van der Waals surface area contributed by atoms with Crippen LogP contribution in [0.5, 0.6) is 0 Å². The fourth-order valence-corrected chi connectivity index (χ4v) is 4.25. The van der Waals surface area contributed by atoms with Gasteiger partial charge in [-0.3, -0.25) is 9.59 Å². The number of aromatic amines is 1. The van der Waals surface area contributed by atoms with Crippen molar-refractivity contribution in [2.24, 2.45) is 0 Å². The minimum Gasteiger partial charge on any atom is -0.369 e. The number of ketones is 1. The van der Waals surface area contributed by atoms with Crippen LogP contribution in [-0.4, -0.2) is 44.5 Å². The van der Waals surface area contributed by atoms with Crippen LogP contribution >= 0.6 is 11.6 Å². The zero-order valence-corrected chi connectivity index (χ0v) is 22.1. The molecule has 0 saturated carbocycles. The number of nitrogens with one attached hydrogen (secondary N) is 3. The van der Waals surface area contributed by atoms with E-state index in [1.54, 1.807) is 36.4 Å². The van der Waals surface area contributed by atoms with Gasteiger partial charge in [-0.05, 0) is 49.7 Å². The highest BCUT2D eigenvalue weighted by Gasteiger charge is 2.25. The summed E-state index contributed by atoms with van der Waals surface area (Å²) in [6.07, 6.45) is 0.485. The molecule has 2 aromatic heterocycles. The van der Waals surface area contributed by atoms with Crippen molar-refractivity contribution < 1.29 is 14.0 Å². The molecule has 11 heteroatoms. The van der Waals surface area contributed by atoms with Gasteiger partial charge in [-0.15, -0.1) is 0 Å². The van der Waals surface area contributed by atoms with E-state index in [0.29, 0.717) is 52.6 Å². The van der Waals surface area contributed by atoms with E-state index in [-0.39, 0.29) is 22.9 Å². The fraction of sp³-hybridized carbons (Fsp3) is 0.138. The molecule has 3 aromatic carbocycles. The van der Waals surface area contributed by atoms with E-state index in [1.807, 2.05) is 19.1 Å². The fourth-order valence-electron chi connectivity index (χ4n) is 4.12. The number of nitrogens with zero attached hydrogens (tertiary/aromatic N) is 4. The van der Waals surface area contributed by atoms with E-state index in [0.717, 1.165) is 5.56 Å². The second-order valence-corrected chi connectivity index (χ2v) is 9.49. The van der Waals surface area contributed by atoms with Gasteiger partial charge in [0.1, 0.15) is 23.3 Å². The number of H-pyrrole nitrogens is 1. The number of benzene rings is 3. The zero-order chi connectivity index (χ0) is 28.2. The first-order chi connectivity index (χ1) is 19.3. The van der Waals surface area contributed by atoms with Crippen LogP contribution < -0.4 is 10.6 Å². The Kier molecular flexibility index (Phi) is 7.57. The number of rotatable bonds is 9. The van der Waals surface area contributed by atoms with Crippen molar-refractivity contribution in [1.82, 2.24) is 25.1 Å². The number of hydrogen-bond acceptors (Lipinski definition) is 6. The summed E-state index contributed by atoms with van der Waals surface area (Å²) < 4.78 is 14.9. The van der Waals surface area contributed by atoms with E-state index in [9.17, 15) is 19.2 Å². The van der Waals surface area contributed by atoms with Gasteiger partial charge in [-0.25, -0.2) is 14.1 Å². The van der Waals surface area contributed by atoms with Gasteiger partial charge in [0.2, 0.25) is 5.78 Å². The van der Waals surface area contributed by atoms with Gasteiger partial charge in [0.15, 0.2) is 11.5 Å². The van der Waals surface area contributed by atoms with Crippen molar-refractivity contribution in [1.29, 1.82) is 5.26 Å². The van der Waals surface area contributed by atoms with Crippen molar-refractivity contribution in [3.63, 3.8) is 0 Å². The summed E-state index contributed by atoms with van der Waals surface area (Å²) in [5.74, 6) is -0.793. The van der Waals surface area contributed by atoms with Crippen molar-refractivity contribution in [3.05, 3.63) is 106 Å². The number of amides is 1. The third-order valence-electron chi connectivity index (χ3n) is 6.19. The van der Waals surface area contributed by atoms with Crippen LogP contribution in [0.4, 0.5) is 10.2 Å². The van der Waals surface area contributed by atoms with Gasteiger partial charge in [-0.1, -0.05) is 41.4 Å². The molecule has 3 N–H and O–H groups in total. The molecule has 0 bridgehead atoms. The van der Waals surface area contributed by atoms with E-state index in [1.165, 1.54) is 22.9 Å². The largest absolute Gasteiger partial charge is 0.369 e. The molecule has 0 radical (unpaired) electrons. The number of carbonyl (C=O) groups excluding carboxylic acids is 2. The molecule has 9 nitrogen and oxygen atoms in total. The first-order valence-electron chi connectivity index (χ1n) is 12.4.